The Morgan fingerprint density at radius 1 is 1.16 bits per heavy atom. The lowest BCUT2D eigenvalue weighted by molar-refractivity contribution is 0.0920. The molecule has 0 aliphatic heterocycles. The van der Waals surface area contributed by atoms with E-state index in [2.05, 4.69) is 20.5 Å². The largest absolute Gasteiger partial charge is 0.347 e. The van der Waals surface area contributed by atoms with Crippen LogP contribution in [0.2, 0.25) is 0 Å². The summed E-state index contributed by atoms with van der Waals surface area (Å²) in [5.74, 6) is -2.38. The Bertz CT molecular complexity index is 1350. The molecule has 10 heteroatoms. The number of halogens is 2. The van der Waals surface area contributed by atoms with Crippen LogP contribution in [0.3, 0.4) is 0 Å². The highest BCUT2D eigenvalue weighted by atomic mass is 19.2. The molecular formula is C22H20F2N6O2. The summed E-state index contributed by atoms with van der Waals surface area (Å²) in [6.07, 6.45) is 4.69. The zero-order valence-electron chi connectivity index (χ0n) is 17.4. The molecular weight excluding hydrogens is 418 g/mol. The van der Waals surface area contributed by atoms with E-state index < -0.39 is 17.7 Å². The van der Waals surface area contributed by atoms with Gasteiger partial charge in [0.2, 0.25) is 0 Å². The number of rotatable bonds is 6. The second-order valence-electron chi connectivity index (χ2n) is 7.64. The van der Waals surface area contributed by atoms with Crippen LogP contribution in [0, 0.1) is 17.6 Å². The molecule has 3 heterocycles. The minimum atomic E-state index is -1.00. The van der Waals surface area contributed by atoms with Gasteiger partial charge in [-0.25, -0.2) is 23.0 Å². The molecule has 0 aliphatic carbocycles. The highest BCUT2D eigenvalue weighted by Crippen LogP contribution is 2.19. The number of fused-ring (bicyclic) bond motifs is 1. The number of nitrogens with zero attached hydrogens (tertiary/aromatic N) is 5. The first kappa shape index (κ1) is 21.3. The van der Waals surface area contributed by atoms with Crippen molar-refractivity contribution < 1.29 is 13.6 Å². The number of amides is 1. The fraction of sp³-hybridized carbons (Fsp3) is 0.227. The molecule has 0 spiro atoms. The van der Waals surface area contributed by atoms with Gasteiger partial charge in [0.1, 0.15) is 5.56 Å². The summed E-state index contributed by atoms with van der Waals surface area (Å²) >= 11 is 0. The maximum atomic E-state index is 13.6. The molecule has 0 radical (unpaired) electrons. The van der Waals surface area contributed by atoms with Gasteiger partial charge >= 0.3 is 0 Å². The van der Waals surface area contributed by atoms with Crippen molar-refractivity contribution in [2.24, 2.45) is 5.92 Å². The Hall–Kier alpha value is -3.95. The van der Waals surface area contributed by atoms with E-state index in [0.717, 1.165) is 12.1 Å². The third kappa shape index (κ3) is 4.25. The average Bonchev–Trinajstić information content (AvgIpc) is 3.21. The first-order valence-corrected chi connectivity index (χ1v) is 9.96. The van der Waals surface area contributed by atoms with E-state index in [1.807, 2.05) is 13.8 Å². The molecule has 1 atom stereocenters. The monoisotopic (exact) mass is 438 g/mol. The van der Waals surface area contributed by atoms with Crippen molar-refractivity contribution in [3.63, 3.8) is 0 Å². The summed E-state index contributed by atoms with van der Waals surface area (Å²) in [7, 11) is 0. The number of hydrogen-bond donors (Lipinski definition) is 1. The summed E-state index contributed by atoms with van der Waals surface area (Å²) < 4.78 is 29.6. The van der Waals surface area contributed by atoms with Gasteiger partial charge in [0, 0.05) is 24.0 Å². The third-order valence-electron chi connectivity index (χ3n) is 5.10. The maximum absolute atomic E-state index is 13.6. The van der Waals surface area contributed by atoms with Crippen molar-refractivity contribution >= 4 is 11.6 Å². The van der Waals surface area contributed by atoms with Gasteiger partial charge in [0.15, 0.2) is 17.3 Å². The smallest absolute Gasteiger partial charge is 0.266 e. The van der Waals surface area contributed by atoms with Crippen molar-refractivity contribution in [2.45, 2.75) is 26.4 Å². The fourth-order valence-corrected chi connectivity index (χ4v) is 3.23. The third-order valence-corrected chi connectivity index (χ3v) is 5.10. The van der Waals surface area contributed by atoms with Gasteiger partial charge in [-0.2, -0.15) is 10.2 Å². The number of hydrogen-bond acceptors (Lipinski definition) is 5. The molecule has 8 nitrogen and oxygen atoms in total. The van der Waals surface area contributed by atoms with Crippen LogP contribution in [0.15, 0.2) is 59.8 Å². The predicted octanol–water partition coefficient (Wildman–Crippen LogP) is 2.69. The van der Waals surface area contributed by atoms with Crippen LogP contribution in [0.4, 0.5) is 8.78 Å². The average molecular weight is 438 g/mol. The van der Waals surface area contributed by atoms with Gasteiger partial charge in [-0.1, -0.05) is 13.8 Å². The van der Waals surface area contributed by atoms with Crippen LogP contribution >= 0.6 is 0 Å². The second kappa shape index (κ2) is 8.66. The summed E-state index contributed by atoms with van der Waals surface area (Å²) in [5, 5.41) is 11.3. The lowest BCUT2D eigenvalue weighted by Gasteiger charge is -2.22. The van der Waals surface area contributed by atoms with Crippen LogP contribution in [0.25, 0.3) is 16.9 Å². The number of aromatic nitrogens is 5. The molecule has 0 unspecified atom stereocenters. The van der Waals surface area contributed by atoms with E-state index in [9.17, 15) is 18.4 Å². The molecule has 3 aromatic heterocycles. The van der Waals surface area contributed by atoms with E-state index in [1.165, 1.54) is 33.6 Å². The van der Waals surface area contributed by atoms with Crippen molar-refractivity contribution in [1.29, 1.82) is 0 Å². The van der Waals surface area contributed by atoms with Crippen LogP contribution in [0.5, 0.6) is 0 Å². The SMILES string of the molecule is CC(C)[C@H](Cn1nc(-c2ccc(F)c(F)c2)ccc1=O)NC(=O)c1cnn2cccnc12. The molecule has 1 N–H and O–H groups in total. The Labute approximate surface area is 181 Å². The topological polar surface area (TPSA) is 94.2 Å². The maximum Gasteiger partial charge on any atom is 0.266 e. The Balaban J connectivity index is 1.59. The molecule has 164 valence electrons. The highest BCUT2D eigenvalue weighted by Gasteiger charge is 2.22. The molecule has 0 fully saturated rings. The van der Waals surface area contributed by atoms with Gasteiger partial charge in [-0.05, 0) is 36.2 Å². The van der Waals surface area contributed by atoms with Crippen LogP contribution in [-0.2, 0) is 6.54 Å². The number of carbonyl (C=O) groups is 1. The van der Waals surface area contributed by atoms with Gasteiger partial charge in [0.25, 0.3) is 11.5 Å². The molecule has 0 aliphatic rings. The van der Waals surface area contributed by atoms with Crippen LogP contribution in [-0.4, -0.2) is 36.3 Å². The molecule has 4 aromatic rings. The molecule has 32 heavy (non-hydrogen) atoms. The molecule has 0 saturated heterocycles. The Morgan fingerprint density at radius 3 is 2.72 bits per heavy atom. The van der Waals surface area contributed by atoms with E-state index in [4.69, 9.17) is 0 Å². The van der Waals surface area contributed by atoms with Crippen LogP contribution in [0.1, 0.15) is 24.2 Å². The Kier molecular flexibility index (Phi) is 5.76. The summed E-state index contributed by atoms with van der Waals surface area (Å²) in [6.45, 7) is 3.90. The number of nitrogens with one attached hydrogen (secondary N) is 1. The lowest BCUT2D eigenvalue weighted by atomic mass is 10.0. The van der Waals surface area contributed by atoms with Crippen molar-refractivity contribution in [1.82, 2.24) is 29.7 Å². The zero-order valence-corrected chi connectivity index (χ0v) is 17.4. The molecule has 1 amide bonds. The molecule has 0 saturated carbocycles. The van der Waals surface area contributed by atoms with Crippen molar-refractivity contribution in [3.05, 3.63) is 82.5 Å². The predicted molar refractivity (Wildman–Crippen MR) is 113 cm³/mol. The standard InChI is InChI=1S/C22H20F2N6O2/c1-13(2)19(27-22(32)15-11-26-29-9-3-8-25-21(15)29)12-30-20(31)7-6-18(28-30)14-4-5-16(23)17(24)10-14/h3-11,13,19H,12H2,1-2H3,(H,27,32)/t19-/m0/s1. The quantitative estimate of drug-likeness (QED) is 0.500. The zero-order chi connectivity index (χ0) is 22.8. The van der Waals surface area contributed by atoms with Crippen molar-refractivity contribution in [2.75, 3.05) is 0 Å². The summed E-state index contributed by atoms with van der Waals surface area (Å²) in [5.41, 5.74) is 0.994. The lowest BCUT2D eigenvalue weighted by Crippen LogP contribution is -2.44. The Morgan fingerprint density at radius 2 is 1.97 bits per heavy atom. The van der Waals surface area contributed by atoms with E-state index in [0.29, 0.717) is 22.5 Å². The number of carbonyl (C=O) groups excluding carboxylic acids is 1. The van der Waals surface area contributed by atoms with Crippen molar-refractivity contribution in [3.8, 4) is 11.3 Å². The minimum Gasteiger partial charge on any atom is -0.347 e. The van der Waals surface area contributed by atoms with E-state index in [1.54, 1.807) is 18.5 Å². The van der Waals surface area contributed by atoms with Gasteiger partial charge in [-0.15, -0.1) is 0 Å². The normalized spacial score (nSPS) is 12.3. The minimum absolute atomic E-state index is 0.0330. The highest BCUT2D eigenvalue weighted by molar-refractivity contribution is 5.99. The molecule has 4 rings (SSSR count). The van der Waals surface area contributed by atoms with Gasteiger partial charge < -0.3 is 5.32 Å². The molecule has 0 bridgehead atoms. The summed E-state index contributed by atoms with van der Waals surface area (Å²) in [4.78, 5) is 29.5. The van der Waals surface area contributed by atoms with E-state index in [-0.39, 0.29) is 23.9 Å². The van der Waals surface area contributed by atoms with Crippen LogP contribution < -0.4 is 10.9 Å². The summed E-state index contributed by atoms with van der Waals surface area (Å²) in [6, 6.07) is 7.42. The van der Waals surface area contributed by atoms with Gasteiger partial charge in [0.05, 0.1) is 24.5 Å². The van der Waals surface area contributed by atoms with Gasteiger partial charge in [-0.3, -0.25) is 9.59 Å². The second-order valence-corrected chi connectivity index (χ2v) is 7.64. The molecule has 1 aromatic carbocycles. The first-order chi connectivity index (χ1) is 15.3. The first-order valence-electron chi connectivity index (χ1n) is 9.96. The number of benzene rings is 1. The van der Waals surface area contributed by atoms with E-state index >= 15 is 0 Å². The fourth-order valence-electron chi connectivity index (χ4n) is 3.23.